The van der Waals surface area contributed by atoms with E-state index in [1.165, 1.54) is 41.3 Å². The van der Waals surface area contributed by atoms with Crippen LogP contribution in [0.2, 0.25) is 5.02 Å². The average Bonchev–Trinajstić information content (AvgIpc) is 2.94. The van der Waals surface area contributed by atoms with Gasteiger partial charge in [-0.1, -0.05) is 61.8 Å². The first-order chi connectivity index (χ1) is 19.0. The molecule has 2 amide bonds. The Bertz CT molecular complexity index is 1420. The summed E-state index contributed by atoms with van der Waals surface area (Å²) >= 11 is 6.35. The third kappa shape index (κ3) is 7.40. The minimum atomic E-state index is -4.20. The van der Waals surface area contributed by atoms with Crippen molar-refractivity contribution in [3.8, 4) is 0 Å². The fraction of sp³-hybridized carbons (Fsp3) is 0.333. The van der Waals surface area contributed by atoms with E-state index in [1.807, 2.05) is 13.8 Å². The van der Waals surface area contributed by atoms with E-state index >= 15 is 0 Å². The maximum absolute atomic E-state index is 14.1. The summed E-state index contributed by atoms with van der Waals surface area (Å²) in [4.78, 5) is 28.7. The fourth-order valence-corrected chi connectivity index (χ4v) is 5.91. The molecule has 0 aromatic heterocycles. The number of amides is 2. The minimum Gasteiger partial charge on any atom is -0.352 e. The van der Waals surface area contributed by atoms with Gasteiger partial charge in [0.1, 0.15) is 18.4 Å². The predicted octanol–water partition coefficient (Wildman–Crippen LogP) is 5.70. The summed E-state index contributed by atoms with van der Waals surface area (Å²) in [6.45, 7) is 6.68. The molecule has 1 N–H and O–H groups in total. The van der Waals surface area contributed by atoms with Gasteiger partial charge in [0.25, 0.3) is 10.0 Å². The summed E-state index contributed by atoms with van der Waals surface area (Å²) in [7, 11) is -4.20. The smallest absolute Gasteiger partial charge is 0.264 e. The zero-order valence-electron chi connectivity index (χ0n) is 23.1. The van der Waals surface area contributed by atoms with Crippen molar-refractivity contribution in [2.24, 2.45) is 0 Å². The van der Waals surface area contributed by atoms with Gasteiger partial charge in [-0.05, 0) is 74.2 Å². The average molecular weight is 588 g/mol. The lowest BCUT2D eigenvalue weighted by atomic mass is 10.1. The molecule has 0 unspecified atom stereocenters. The maximum Gasteiger partial charge on any atom is 0.264 e. The lowest BCUT2D eigenvalue weighted by Crippen LogP contribution is -2.53. The minimum absolute atomic E-state index is 0.00816. The lowest BCUT2D eigenvalue weighted by molar-refractivity contribution is -0.140. The first-order valence-electron chi connectivity index (χ1n) is 13.2. The number of nitrogens with one attached hydrogen (secondary N) is 1. The van der Waals surface area contributed by atoms with E-state index in [-0.39, 0.29) is 35.5 Å². The van der Waals surface area contributed by atoms with Gasteiger partial charge in [-0.25, -0.2) is 12.8 Å². The van der Waals surface area contributed by atoms with E-state index < -0.39 is 34.3 Å². The second-order valence-electron chi connectivity index (χ2n) is 9.60. The van der Waals surface area contributed by atoms with Crippen LogP contribution < -0.4 is 9.62 Å². The standard InChI is InChI=1S/C30H35ClFN3O4S/c1-5-21(3)33-30(37)27(6-2)34(19-23-15-17-24(32)18-16-23)29(36)20-35(28-14-10-13-26(31)22(28)4)40(38,39)25-11-8-7-9-12-25/h7-18,21,27H,5-6,19-20H2,1-4H3,(H,33,37)/t21-,27+/m0/s1. The Morgan fingerprint density at radius 1 is 0.950 bits per heavy atom. The second kappa shape index (κ2) is 13.8. The van der Waals surface area contributed by atoms with E-state index in [2.05, 4.69) is 5.32 Å². The maximum atomic E-state index is 14.1. The monoisotopic (exact) mass is 587 g/mol. The number of halogens is 2. The van der Waals surface area contributed by atoms with Gasteiger partial charge in [-0.2, -0.15) is 0 Å². The summed E-state index contributed by atoms with van der Waals surface area (Å²) < 4.78 is 42.4. The van der Waals surface area contributed by atoms with Crippen LogP contribution in [0.4, 0.5) is 10.1 Å². The van der Waals surface area contributed by atoms with E-state index in [1.54, 1.807) is 50.2 Å². The van der Waals surface area contributed by atoms with Gasteiger partial charge in [0.15, 0.2) is 0 Å². The Labute approximate surface area is 241 Å². The van der Waals surface area contributed by atoms with Crippen LogP contribution in [0.15, 0.2) is 77.7 Å². The molecule has 0 heterocycles. The number of hydrogen-bond donors (Lipinski definition) is 1. The van der Waals surface area contributed by atoms with Crippen molar-refractivity contribution >= 4 is 39.1 Å². The van der Waals surface area contributed by atoms with Crippen LogP contribution in [0.5, 0.6) is 0 Å². The highest BCUT2D eigenvalue weighted by Gasteiger charge is 2.34. The number of anilines is 1. The van der Waals surface area contributed by atoms with Crippen LogP contribution in [0.1, 0.15) is 44.7 Å². The molecule has 3 aromatic carbocycles. The van der Waals surface area contributed by atoms with Crippen LogP contribution in [0, 0.1) is 12.7 Å². The SMILES string of the molecule is CC[C@H](C(=O)N[C@@H](C)CC)N(Cc1ccc(F)cc1)C(=O)CN(c1cccc(Cl)c1C)S(=O)(=O)c1ccccc1. The van der Waals surface area contributed by atoms with Gasteiger partial charge in [-0.3, -0.25) is 13.9 Å². The van der Waals surface area contributed by atoms with Crippen molar-refractivity contribution in [2.45, 2.75) is 64.1 Å². The zero-order valence-corrected chi connectivity index (χ0v) is 24.7. The first kappa shape index (κ1) is 31.1. The van der Waals surface area contributed by atoms with Crippen molar-refractivity contribution in [3.63, 3.8) is 0 Å². The van der Waals surface area contributed by atoms with Crippen LogP contribution in [-0.4, -0.2) is 43.8 Å². The molecular weight excluding hydrogens is 553 g/mol. The number of nitrogens with zero attached hydrogens (tertiary/aromatic N) is 2. The molecule has 0 aliphatic rings. The number of carbonyl (C=O) groups is 2. The van der Waals surface area contributed by atoms with Gasteiger partial charge in [0.05, 0.1) is 10.6 Å². The zero-order chi connectivity index (χ0) is 29.4. The third-order valence-electron chi connectivity index (χ3n) is 6.77. The van der Waals surface area contributed by atoms with Crippen LogP contribution in [-0.2, 0) is 26.2 Å². The number of hydrogen-bond acceptors (Lipinski definition) is 4. The molecule has 0 bridgehead atoms. The Hall–Kier alpha value is -3.43. The van der Waals surface area contributed by atoms with Gasteiger partial charge < -0.3 is 10.2 Å². The van der Waals surface area contributed by atoms with Crippen molar-refractivity contribution in [1.29, 1.82) is 0 Å². The third-order valence-corrected chi connectivity index (χ3v) is 8.95. The molecule has 0 aliphatic carbocycles. The van der Waals surface area contributed by atoms with E-state index in [0.717, 1.165) is 4.31 Å². The van der Waals surface area contributed by atoms with Gasteiger partial charge >= 0.3 is 0 Å². The summed E-state index contributed by atoms with van der Waals surface area (Å²) in [6.07, 6.45) is 0.988. The van der Waals surface area contributed by atoms with E-state index in [4.69, 9.17) is 11.6 Å². The van der Waals surface area contributed by atoms with Crippen LogP contribution in [0.3, 0.4) is 0 Å². The molecule has 0 radical (unpaired) electrons. The number of carbonyl (C=O) groups excluding carboxylic acids is 2. The highest BCUT2D eigenvalue weighted by molar-refractivity contribution is 7.92. The summed E-state index contributed by atoms with van der Waals surface area (Å²) in [5, 5.41) is 3.27. The lowest BCUT2D eigenvalue weighted by Gasteiger charge is -2.34. The highest BCUT2D eigenvalue weighted by atomic mass is 35.5. The van der Waals surface area contributed by atoms with Crippen molar-refractivity contribution in [2.75, 3.05) is 10.8 Å². The van der Waals surface area contributed by atoms with Crippen molar-refractivity contribution in [1.82, 2.24) is 10.2 Å². The highest BCUT2D eigenvalue weighted by Crippen LogP contribution is 2.31. The van der Waals surface area contributed by atoms with Gasteiger partial charge in [0.2, 0.25) is 11.8 Å². The Balaban J connectivity index is 2.08. The van der Waals surface area contributed by atoms with Gasteiger partial charge in [0, 0.05) is 17.6 Å². The quantitative estimate of drug-likeness (QED) is 0.294. The van der Waals surface area contributed by atoms with Crippen LogP contribution >= 0.6 is 11.6 Å². The van der Waals surface area contributed by atoms with Gasteiger partial charge in [-0.15, -0.1) is 0 Å². The van der Waals surface area contributed by atoms with Crippen LogP contribution in [0.25, 0.3) is 0 Å². The Morgan fingerprint density at radius 3 is 2.20 bits per heavy atom. The molecule has 0 saturated heterocycles. The van der Waals surface area contributed by atoms with Crippen molar-refractivity contribution in [3.05, 3.63) is 94.8 Å². The molecule has 0 spiro atoms. The van der Waals surface area contributed by atoms with E-state index in [0.29, 0.717) is 22.6 Å². The molecule has 3 aromatic rings. The second-order valence-corrected chi connectivity index (χ2v) is 11.9. The Kier molecular flexibility index (Phi) is 10.7. The Morgan fingerprint density at radius 2 is 1.60 bits per heavy atom. The molecule has 7 nitrogen and oxygen atoms in total. The molecule has 40 heavy (non-hydrogen) atoms. The summed E-state index contributed by atoms with van der Waals surface area (Å²) in [6, 6.07) is 17.3. The normalized spacial score (nSPS) is 12.8. The number of sulfonamides is 1. The largest absolute Gasteiger partial charge is 0.352 e. The summed E-state index contributed by atoms with van der Waals surface area (Å²) in [5.74, 6) is -1.36. The molecule has 0 saturated carbocycles. The number of rotatable bonds is 12. The van der Waals surface area contributed by atoms with Crippen molar-refractivity contribution < 1.29 is 22.4 Å². The molecule has 2 atom stereocenters. The first-order valence-corrected chi connectivity index (χ1v) is 15.0. The fourth-order valence-electron chi connectivity index (χ4n) is 4.25. The molecule has 3 rings (SSSR count). The molecule has 214 valence electrons. The topological polar surface area (TPSA) is 86.8 Å². The molecular formula is C30H35ClFN3O4S. The molecule has 10 heteroatoms. The molecule has 0 aliphatic heterocycles. The predicted molar refractivity (Wildman–Crippen MR) is 156 cm³/mol. The summed E-state index contributed by atoms with van der Waals surface area (Å²) in [5.41, 5.74) is 1.34. The molecule has 0 fully saturated rings. The van der Waals surface area contributed by atoms with E-state index in [9.17, 15) is 22.4 Å². The number of benzene rings is 3.